The normalized spacial score (nSPS) is 12.7. The van der Waals surface area contributed by atoms with Crippen LogP contribution < -0.4 is 10.2 Å². The van der Waals surface area contributed by atoms with Gasteiger partial charge in [0.15, 0.2) is 0 Å². The fourth-order valence-electron chi connectivity index (χ4n) is 3.08. The summed E-state index contributed by atoms with van der Waals surface area (Å²) in [4.78, 5) is 36.7. The predicted octanol–water partition coefficient (Wildman–Crippen LogP) is 2.88. The van der Waals surface area contributed by atoms with Crippen LogP contribution in [0, 0.1) is 29.8 Å². The summed E-state index contributed by atoms with van der Waals surface area (Å²) in [6.45, 7) is 3.46. The molecule has 1 N–H and O–H groups in total. The van der Waals surface area contributed by atoms with Crippen LogP contribution in [0.5, 0.6) is 0 Å². The molecule has 26 heavy (non-hydrogen) atoms. The Morgan fingerprint density at radius 1 is 1.23 bits per heavy atom. The average Bonchev–Trinajstić information content (AvgIpc) is 3.00. The number of benzene rings is 2. The first-order valence-corrected chi connectivity index (χ1v) is 7.95. The van der Waals surface area contributed by atoms with Crippen LogP contribution in [0.2, 0.25) is 0 Å². The van der Waals surface area contributed by atoms with Gasteiger partial charge in [0, 0.05) is 12.6 Å². The molecule has 0 saturated heterocycles. The van der Waals surface area contributed by atoms with Gasteiger partial charge < -0.3 is 10.2 Å². The van der Waals surface area contributed by atoms with Gasteiger partial charge in [0.2, 0.25) is 0 Å². The number of nitrogens with zero attached hydrogens (tertiary/aromatic N) is 2. The van der Waals surface area contributed by atoms with E-state index in [2.05, 4.69) is 5.32 Å². The Balaban J connectivity index is 1.86. The highest BCUT2D eigenvalue weighted by atomic mass is 19.1. The van der Waals surface area contributed by atoms with Gasteiger partial charge in [-0.05, 0) is 43.5 Å². The van der Waals surface area contributed by atoms with E-state index in [-0.39, 0.29) is 23.5 Å². The monoisotopic (exact) mass is 357 g/mol. The van der Waals surface area contributed by atoms with E-state index < -0.39 is 22.6 Å². The number of carbonyl (C=O) groups excluding carboxylic acids is 2. The molecule has 1 aliphatic rings. The largest absolute Gasteiger partial charge is 0.317 e. The van der Waals surface area contributed by atoms with Crippen LogP contribution in [0.25, 0.3) is 0 Å². The van der Waals surface area contributed by atoms with E-state index in [1.807, 2.05) is 0 Å². The molecule has 0 aliphatic carbocycles. The Kier molecular flexibility index (Phi) is 4.41. The van der Waals surface area contributed by atoms with Gasteiger partial charge in [-0.25, -0.2) is 4.39 Å². The lowest BCUT2D eigenvalue weighted by Crippen LogP contribution is -2.39. The molecule has 7 nitrogen and oxygen atoms in total. The molecule has 134 valence electrons. The predicted molar refractivity (Wildman–Crippen MR) is 93.7 cm³/mol. The lowest BCUT2D eigenvalue weighted by atomic mass is 10.1. The van der Waals surface area contributed by atoms with Gasteiger partial charge >= 0.3 is 11.8 Å². The number of hydrogen-bond donors (Lipinski definition) is 1. The number of carbonyl (C=O) groups is 2. The minimum absolute atomic E-state index is 0.146. The number of aryl methyl sites for hydroxylation is 1. The number of halogens is 1. The van der Waals surface area contributed by atoms with Gasteiger partial charge in [0.05, 0.1) is 21.9 Å². The van der Waals surface area contributed by atoms with Crippen LogP contribution in [0.1, 0.15) is 16.7 Å². The summed E-state index contributed by atoms with van der Waals surface area (Å²) in [5, 5.41) is 13.5. The minimum atomic E-state index is -0.922. The number of rotatable bonds is 2. The summed E-state index contributed by atoms with van der Waals surface area (Å²) in [6.07, 6.45) is 0.531. The highest BCUT2D eigenvalue weighted by Gasteiger charge is 2.30. The van der Waals surface area contributed by atoms with Crippen molar-refractivity contribution in [3.8, 4) is 0 Å². The van der Waals surface area contributed by atoms with Gasteiger partial charge in [-0.1, -0.05) is 12.1 Å². The van der Waals surface area contributed by atoms with E-state index in [0.29, 0.717) is 17.7 Å². The molecule has 0 unspecified atom stereocenters. The second kappa shape index (κ2) is 6.55. The van der Waals surface area contributed by atoms with Crippen molar-refractivity contribution >= 4 is 28.9 Å². The van der Waals surface area contributed by atoms with Crippen LogP contribution in [-0.4, -0.2) is 23.3 Å². The van der Waals surface area contributed by atoms with Crippen molar-refractivity contribution in [1.29, 1.82) is 0 Å². The Labute approximate surface area is 148 Å². The highest BCUT2D eigenvalue weighted by Crippen LogP contribution is 2.31. The van der Waals surface area contributed by atoms with Gasteiger partial charge in [-0.3, -0.25) is 19.7 Å². The molecular weight excluding hydrogens is 341 g/mol. The van der Waals surface area contributed by atoms with Crippen molar-refractivity contribution in [2.45, 2.75) is 20.3 Å². The number of anilines is 2. The third-order valence-corrected chi connectivity index (χ3v) is 4.46. The Morgan fingerprint density at radius 2 is 1.96 bits per heavy atom. The zero-order valence-corrected chi connectivity index (χ0v) is 14.2. The summed E-state index contributed by atoms with van der Waals surface area (Å²) in [7, 11) is 0. The van der Waals surface area contributed by atoms with Gasteiger partial charge in [-0.2, -0.15) is 0 Å². The SMILES string of the molecule is Cc1ccc([N+](=O)[O-])c(C)c1NC(=O)C(=O)N1CCc2ccc(F)cc21. The van der Waals surface area contributed by atoms with Crippen molar-refractivity contribution in [2.75, 3.05) is 16.8 Å². The standard InChI is InChI=1S/C18H16FN3O4/c1-10-3-6-14(22(25)26)11(2)16(10)20-17(23)18(24)21-8-7-12-4-5-13(19)9-15(12)21/h3-6,9H,7-8H2,1-2H3,(H,20,23). The van der Waals surface area contributed by atoms with E-state index in [0.717, 1.165) is 5.56 Å². The van der Waals surface area contributed by atoms with Crippen molar-refractivity contribution in [3.05, 3.63) is 63.0 Å². The number of nitrogens with one attached hydrogen (secondary N) is 1. The summed E-state index contributed by atoms with van der Waals surface area (Å²) in [5.41, 5.74) is 2.11. The summed E-state index contributed by atoms with van der Waals surface area (Å²) >= 11 is 0. The third-order valence-electron chi connectivity index (χ3n) is 4.46. The molecule has 2 aromatic rings. The van der Waals surface area contributed by atoms with Gasteiger partial charge in [0.25, 0.3) is 5.69 Å². The van der Waals surface area contributed by atoms with E-state index in [4.69, 9.17) is 0 Å². The maximum absolute atomic E-state index is 13.5. The molecule has 1 heterocycles. The first-order valence-electron chi connectivity index (χ1n) is 7.95. The van der Waals surface area contributed by atoms with Crippen molar-refractivity contribution in [3.63, 3.8) is 0 Å². The lowest BCUT2D eigenvalue weighted by molar-refractivity contribution is -0.385. The second-order valence-electron chi connectivity index (χ2n) is 6.09. The van der Waals surface area contributed by atoms with Crippen molar-refractivity contribution in [2.24, 2.45) is 0 Å². The molecule has 8 heteroatoms. The van der Waals surface area contributed by atoms with E-state index >= 15 is 0 Å². The molecule has 2 amide bonds. The molecular formula is C18H16FN3O4. The van der Waals surface area contributed by atoms with Crippen molar-refractivity contribution in [1.82, 2.24) is 0 Å². The summed E-state index contributed by atoms with van der Waals surface area (Å²) in [6, 6.07) is 6.97. The van der Waals surface area contributed by atoms with Gasteiger partial charge in [-0.15, -0.1) is 0 Å². The molecule has 0 radical (unpaired) electrons. The first kappa shape index (κ1) is 17.5. The number of hydrogen-bond acceptors (Lipinski definition) is 4. The zero-order chi connectivity index (χ0) is 19.0. The topological polar surface area (TPSA) is 92.5 Å². The molecule has 0 fully saturated rings. The molecule has 0 saturated carbocycles. The van der Waals surface area contributed by atoms with E-state index in [1.165, 1.54) is 36.1 Å². The second-order valence-corrected chi connectivity index (χ2v) is 6.09. The van der Waals surface area contributed by atoms with E-state index in [1.54, 1.807) is 13.0 Å². The molecule has 0 spiro atoms. The van der Waals surface area contributed by atoms with Crippen LogP contribution in [0.15, 0.2) is 30.3 Å². The molecule has 3 rings (SSSR count). The van der Waals surface area contributed by atoms with Crippen LogP contribution >= 0.6 is 0 Å². The smallest absolute Gasteiger partial charge is 0.316 e. The third kappa shape index (κ3) is 3.01. The number of nitro groups is 1. The zero-order valence-electron chi connectivity index (χ0n) is 14.2. The number of nitro benzene ring substituents is 1. The molecule has 0 atom stereocenters. The molecule has 0 aromatic heterocycles. The van der Waals surface area contributed by atoms with Crippen LogP contribution in [-0.2, 0) is 16.0 Å². The van der Waals surface area contributed by atoms with Crippen LogP contribution in [0.3, 0.4) is 0 Å². The highest BCUT2D eigenvalue weighted by molar-refractivity contribution is 6.44. The van der Waals surface area contributed by atoms with Gasteiger partial charge in [0.1, 0.15) is 5.82 Å². The summed E-state index contributed by atoms with van der Waals surface area (Å²) < 4.78 is 13.5. The fraction of sp³-hybridized carbons (Fsp3) is 0.222. The Bertz CT molecular complexity index is 942. The summed E-state index contributed by atoms with van der Waals surface area (Å²) in [5.74, 6) is -2.25. The van der Waals surface area contributed by atoms with Crippen LogP contribution in [0.4, 0.5) is 21.5 Å². The molecule has 1 aliphatic heterocycles. The average molecular weight is 357 g/mol. The number of amides is 2. The lowest BCUT2D eigenvalue weighted by Gasteiger charge is -2.18. The minimum Gasteiger partial charge on any atom is -0.317 e. The first-order chi connectivity index (χ1) is 12.3. The fourth-order valence-corrected chi connectivity index (χ4v) is 3.08. The van der Waals surface area contributed by atoms with Crippen molar-refractivity contribution < 1.29 is 18.9 Å². The Hall–Kier alpha value is -3.29. The maximum Gasteiger partial charge on any atom is 0.316 e. The Morgan fingerprint density at radius 3 is 2.65 bits per heavy atom. The molecule has 0 bridgehead atoms. The maximum atomic E-state index is 13.5. The quantitative estimate of drug-likeness (QED) is 0.508. The molecule has 2 aromatic carbocycles. The van der Waals surface area contributed by atoms with E-state index in [9.17, 15) is 24.1 Å². The number of fused-ring (bicyclic) bond motifs is 1.